The van der Waals surface area contributed by atoms with Gasteiger partial charge in [-0.1, -0.05) is 97.6 Å². The topological polar surface area (TPSA) is 84.0 Å². The minimum Gasteiger partial charge on any atom is -0.341 e. The zero-order valence-corrected chi connectivity index (χ0v) is 18.5. The van der Waals surface area contributed by atoms with Gasteiger partial charge in [0, 0.05) is 12.2 Å². The van der Waals surface area contributed by atoms with E-state index in [2.05, 4.69) is 33.0 Å². The molecule has 2 amide bonds. The van der Waals surface area contributed by atoms with Crippen molar-refractivity contribution in [3.8, 4) is 0 Å². The van der Waals surface area contributed by atoms with Gasteiger partial charge in [0.1, 0.15) is 6.04 Å². The predicted molar refractivity (Wildman–Crippen MR) is 121 cm³/mol. The molecule has 0 aliphatic heterocycles. The van der Waals surface area contributed by atoms with E-state index in [-0.39, 0.29) is 17.7 Å². The highest BCUT2D eigenvalue weighted by Crippen LogP contribution is 2.29. The third-order valence-corrected chi connectivity index (χ3v) is 6.18. The number of benzene rings is 2. The van der Waals surface area contributed by atoms with E-state index in [0.29, 0.717) is 11.6 Å². The molecule has 1 heterocycles. The molecule has 1 unspecified atom stereocenters. The number of carbonyl (C=O) groups excluding carboxylic acids is 2. The average molecular weight is 441 g/mol. The lowest BCUT2D eigenvalue weighted by atomic mass is 10.0. The molecule has 6 nitrogen and oxygen atoms in total. The second-order valence-electron chi connectivity index (χ2n) is 7.15. The quantitative estimate of drug-likeness (QED) is 0.373. The molecule has 1 aromatic heterocycles. The van der Waals surface area contributed by atoms with Gasteiger partial charge in [-0.2, -0.15) is 0 Å². The summed E-state index contributed by atoms with van der Waals surface area (Å²) in [5.41, 5.74) is 1.91. The molecule has 30 heavy (non-hydrogen) atoms. The van der Waals surface area contributed by atoms with Gasteiger partial charge in [-0.3, -0.25) is 14.9 Å². The molecule has 1 atom stereocenters. The van der Waals surface area contributed by atoms with Crippen molar-refractivity contribution in [1.29, 1.82) is 0 Å². The Hall–Kier alpha value is -2.71. The number of hydrogen-bond acceptors (Lipinski definition) is 6. The average Bonchev–Trinajstić information content (AvgIpc) is 3.18. The molecule has 2 aromatic carbocycles. The fourth-order valence-electron chi connectivity index (χ4n) is 2.75. The third kappa shape index (κ3) is 6.67. The Bertz CT molecular complexity index is 962. The highest BCUT2D eigenvalue weighted by molar-refractivity contribution is 8.00. The van der Waals surface area contributed by atoms with E-state index in [1.165, 1.54) is 16.9 Å². The summed E-state index contributed by atoms with van der Waals surface area (Å²) < 4.78 is 0.772. The number of carbonyl (C=O) groups is 2. The molecule has 0 saturated heterocycles. The van der Waals surface area contributed by atoms with Crippen LogP contribution in [0.5, 0.6) is 0 Å². The molecule has 0 fully saturated rings. The fraction of sp³-hybridized carbons (Fsp3) is 0.273. The number of rotatable bonds is 9. The SMILES string of the molecule is CC(C)CC(=O)NC(C(=O)Nc1nnc(SCc2ccccc2)s1)c1ccccc1. The minimum absolute atomic E-state index is 0.162. The highest BCUT2D eigenvalue weighted by Gasteiger charge is 2.24. The number of anilines is 1. The van der Waals surface area contributed by atoms with Crippen LogP contribution in [0.3, 0.4) is 0 Å². The first-order valence-electron chi connectivity index (χ1n) is 9.66. The molecule has 3 rings (SSSR count). The zero-order valence-electron chi connectivity index (χ0n) is 16.9. The molecule has 156 valence electrons. The summed E-state index contributed by atoms with van der Waals surface area (Å²) in [6.45, 7) is 3.93. The van der Waals surface area contributed by atoms with Crippen LogP contribution in [0.1, 0.15) is 37.4 Å². The van der Waals surface area contributed by atoms with Gasteiger partial charge >= 0.3 is 0 Å². The number of hydrogen-bond donors (Lipinski definition) is 2. The Morgan fingerprint density at radius 1 is 1.00 bits per heavy atom. The van der Waals surface area contributed by atoms with E-state index in [9.17, 15) is 9.59 Å². The molecule has 0 aliphatic rings. The second-order valence-corrected chi connectivity index (χ2v) is 9.35. The summed E-state index contributed by atoms with van der Waals surface area (Å²) >= 11 is 2.89. The van der Waals surface area contributed by atoms with Gasteiger partial charge in [-0.15, -0.1) is 10.2 Å². The van der Waals surface area contributed by atoms with Gasteiger partial charge in [-0.05, 0) is 17.0 Å². The zero-order chi connectivity index (χ0) is 21.3. The molecule has 0 spiro atoms. The van der Waals surface area contributed by atoms with E-state index in [1.54, 1.807) is 11.8 Å². The van der Waals surface area contributed by atoms with Gasteiger partial charge in [0.05, 0.1) is 0 Å². The molecule has 0 bridgehead atoms. The predicted octanol–water partition coefficient (Wildman–Crippen LogP) is 4.67. The third-order valence-electron chi connectivity index (χ3n) is 4.14. The van der Waals surface area contributed by atoms with E-state index in [0.717, 1.165) is 15.7 Å². The van der Waals surface area contributed by atoms with Crippen LogP contribution in [-0.4, -0.2) is 22.0 Å². The molecule has 2 N–H and O–H groups in total. The van der Waals surface area contributed by atoms with Gasteiger partial charge in [0.15, 0.2) is 4.34 Å². The van der Waals surface area contributed by atoms with Crippen LogP contribution in [0.25, 0.3) is 0 Å². The van der Waals surface area contributed by atoms with Crippen LogP contribution < -0.4 is 10.6 Å². The lowest BCUT2D eigenvalue weighted by Crippen LogP contribution is -2.37. The lowest BCUT2D eigenvalue weighted by molar-refractivity contribution is -0.127. The smallest absolute Gasteiger partial charge is 0.253 e. The number of nitrogens with zero attached hydrogens (tertiary/aromatic N) is 2. The van der Waals surface area contributed by atoms with E-state index < -0.39 is 6.04 Å². The Balaban J connectivity index is 1.65. The Morgan fingerprint density at radius 2 is 1.67 bits per heavy atom. The first-order valence-corrected chi connectivity index (χ1v) is 11.5. The number of aromatic nitrogens is 2. The monoisotopic (exact) mass is 440 g/mol. The highest BCUT2D eigenvalue weighted by atomic mass is 32.2. The molecule has 8 heteroatoms. The van der Waals surface area contributed by atoms with Crippen LogP contribution in [0.2, 0.25) is 0 Å². The van der Waals surface area contributed by atoms with E-state index in [4.69, 9.17) is 0 Å². The summed E-state index contributed by atoms with van der Waals surface area (Å²) in [7, 11) is 0. The largest absolute Gasteiger partial charge is 0.341 e. The number of thioether (sulfide) groups is 1. The number of amides is 2. The van der Waals surface area contributed by atoms with Crippen molar-refractivity contribution >= 4 is 40.0 Å². The van der Waals surface area contributed by atoms with Gasteiger partial charge in [-0.25, -0.2) is 0 Å². The summed E-state index contributed by atoms with van der Waals surface area (Å²) in [5, 5.41) is 14.3. The van der Waals surface area contributed by atoms with Crippen molar-refractivity contribution in [2.45, 2.75) is 36.4 Å². The number of nitrogens with one attached hydrogen (secondary N) is 2. The molecule has 0 saturated carbocycles. The van der Waals surface area contributed by atoms with Crippen molar-refractivity contribution in [2.24, 2.45) is 5.92 Å². The van der Waals surface area contributed by atoms with Crippen molar-refractivity contribution < 1.29 is 9.59 Å². The normalized spacial score (nSPS) is 11.8. The second kappa shape index (κ2) is 10.9. The summed E-state index contributed by atoms with van der Waals surface area (Å²) in [4.78, 5) is 25.2. The van der Waals surface area contributed by atoms with Gasteiger partial charge in [0.25, 0.3) is 5.91 Å². The summed E-state index contributed by atoms with van der Waals surface area (Å²) in [6.07, 6.45) is 0.357. The van der Waals surface area contributed by atoms with Crippen LogP contribution in [-0.2, 0) is 15.3 Å². The Kier molecular flexibility index (Phi) is 7.98. The van der Waals surface area contributed by atoms with Crippen LogP contribution >= 0.6 is 23.1 Å². The van der Waals surface area contributed by atoms with Gasteiger partial charge in [0.2, 0.25) is 11.0 Å². The lowest BCUT2D eigenvalue weighted by Gasteiger charge is -2.18. The molecular formula is C22H24N4O2S2. The Labute approximate surface area is 184 Å². The molecule has 3 aromatic rings. The maximum absolute atomic E-state index is 12.9. The van der Waals surface area contributed by atoms with Crippen molar-refractivity contribution in [2.75, 3.05) is 5.32 Å². The summed E-state index contributed by atoms with van der Waals surface area (Å²) in [6, 6.07) is 18.5. The van der Waals surface area contributed by atoms with Crippen LogP contribution in [0.15, 0.2) is 65.0 Å². The molecule has 0 radical (unpaired) electrons. The Morgan fingerprint density at radius 3 is 2.33 bits per heavy atom. The first-order chi connectivity index (χ1) is 14.5. The van der Waals surface area contributed by atoms with Crippen molar-refractivity contribution in [3.63, 3.8) is 0 Å². The van der Waals surface area contributed by atoms with Crippen LogP contribution in [0, 0.1) is 5.92 Å². The van der Waals surface area contributed by atoms with Gasteiger partial charge < -0.3 is 5.32 Å². The maximum atomic E-state index is 12.9. The summed E-state index contributed by atoms with van der Waals surface area (Å²) in [5.74, 6) is 0.484. The van der Waals surface area contributed by atoms with E-state index in [1.807, 2.05) is 62.4 Å². The molecule has 0 aliphatic carbocycles. The van der Waals surface area contributed by atoms with Crippen molar-refractivity contribution in [3.05, 3.63) is 71.8 Å². The fourth-order valence-corrected chi connectivity index (χ4v) is 4.46. The van der Waals surface area contributed by atoms with Crippen LogP contribution in [0.4, 0.5) is 5.13 Å². The molecular weight excluding hydrogens is 416 g/mol. The first kappa shape index (κ1) is 22.0. The standard InChI is InChI=1S/C22H24N4O2S2/c1-15(2)13-18(27)23-19(17-11-7-4-8-12-17)20(28)24-21-25-26-22(30-21)29-14-16-9-5-3-6-10-16/h3-12,15,19H,13-14H2,1-2H3,(H,23,27)(H,24,25,28). The minimum atomic E-state index is -0.790. The van der Waals surface area contributed by atoms with Crippen molar-refractivity contribution in [1.82, 2.24) is 15.5 Å². The van der Waals surface area contributed by atoms with E-state index >= 15 is 0 Å². The maximum Gasteiger partial charge on any atom is 0.253 e.